The molecule has 0 unspecified atom stereocenters. The minimum Gasteiger partial charge on any atom is -0.381 e. The Morgan fingerprint density at radius 2 is 1.86 bits per heavy atom. The van der Waals surface area contributed by atoms with Gasteiger partial charge in [-0.05, 0) is 56.5 Å². The number of benzene rings is 2. The zero-order valence-corrected chi connectivity index (χ0v) is 20.6. The molecule has 5 aromatic rings. The molecule has 0 spiro atoms. The van der Waals surface area contributed by atoms with E-state index >= 15 is 0 Å². The lowest BCUT2D eigenvalue weighted by molar-refractivity contribution is 0.0939. The first kappa shape index (κ1) is 24.0. The van der Waals surface area contributed by atoms with Crippen LogP contribution in [0.1, 0.15) is 47.2 Å². The molecule has 0 saturated heterocycles. The average Bonchev–Trinajstić information content (AvgIpc) is 3.23. The molecular formula is C29H25N5O3. The molecule has 0 aliphatic heterocycles. The predicted molar refractivity (Wildman–Crippen MR) is 142 cm³/mol. The summed E-state index contributed by atoms with van der Waals surface area (Å²) in [5.74, 6) is 5.32. The van der Waals surface area contributed by atoms with Gasteiger partial charge in [-0.25, -0.2) is 9.50 Å². The van der Waals surface area contributed by atoms with E-state index in [1.807, 2.05) is 55.5 Å². The van der Waals surface area contributed by atoms with Crippen molar-refractivity contribution < 1.29 is 9.90 Å². The first-order chi connectivity index (χ1) is 17.8. The van der Waals surface area contributed by atoms with E-state index in [1.165, 1.54) is 0 Å². The summed E-state index contributed by atoms with van der Waals surface area (Å²) in [6.07, 6.45) is 2.54. The molecule has 0 radical (unpaired) electrons. The number of rotatable bonds is 4. The highest BCUT2D eigenvalue weighted by atomic mass is 16.3. The van der Waals surface area contributed by atoms with Gasteiger partial charge in [0.1, 0.15) is 11.7 Å². The molecule has 8 nitrogen and oxygen atoms in total. The minimum atomic E-state index is -0.820. The highest BCUT2D eigenvalue weighted by Gasteiger charge is 2.23. The Labute approximate surface area is 213 Å². The van der Waals surface area contributed by atoms with Crippen LogP contribution in [0.4, 0.5) is 0 Å². The summed E-state index contributed by atoms with van der Waals surface area (Å²) in [5, 5.41) is 18.2. The van der Waals surface area contributed by atoms with E-state index in [9.17, 15) is 14.7 Å². The van der Waals surface area contributed by atoms with Crippen LogP contribution in [0.2, 0.25) is 0 Å². The number of para-hydroxylation sites is 1. The third-order valence-electron chi connectivity index (χ3n) is 6.09. The number of aromatic nitrogens is 4. The third kappa shape index (κ3) is 4.48. The Hall–Kier alpha value is -4.74. The fourth-order valence-corrected chi connectivity index (χ4v) is 4.44. The summed E-state index contributed by atoms with van der Waals surface area (Å²) >= 11 is 0. The largest absolute Gasteiger partial charge is 0.381 e. The summed E-state index contributed by atoms with van der Waals surface area (Å²) < 4.78 is 3.17. The topological polar surface area (TPSA) is 102 Å². The van der Waals surface area contributed by atoms with Crippen molar-refractivity contribution in [3.8, 4) is 17.5 Å². The second-order valence-corrected chi connectivity index (χ2v) is 8.80. The van der Waals surface area contributed by atoms with Crippen LogP contribution in [0, 0.1) is 18.8 Å². The van der Waals surface area contributed by atoms with Crippen LogP contribution in [-0.2, 0) is 0 Å². The average molecular weight is 492 g/mol. The normalized spacial score (nSPS) is 12.6. The van der Waals surface area contributed by atoms with Gasteiger partial charge in [0.2, 0.25) is 0 Å². The number of hydrogen-bond donors (Lipinski definition) is 2. The number of aliphatic hydroxyl groups excluding tert-OH is 1. The Morgan fingerprint density at radius 3 is 2.62 bits per heavy atom. The van der Waals surface area contributed by atoms with E-state index in [4.69, 9.17) is 0 Å². The van der Waals surface area contributed by atoms with Gasteiger partial charge in [-0.3, -0.25) is 14.2 Å². The molecule has 0 aliphatic rings. The highest BCUT2D eigenvalue weighted by Crippen LogP contribution is 2.24. The zero-order chi connectivity index (χ0) is 26.1. The Balaban J connectivity index is 1.66. The van der Waals surface area contributed by atoms with Crippen molar-refractivity contribution in [3.05, 3.63) is 106 Å². The molecule has 5 rings (SSSR count). The van der Waals surface area contributed by atoms with Gasteiger partial charge in [-0.1, -0.05) is 42.2 Å². The molecule has 3 aromatic heterocycles. The van der Waals surface area contributed by atoms with Crippen LogP contribution in [0.25, 0.3) is 22.1 Å². The molecule has 37 heavy (non-hydrogen) atoms. The number of nitrogens with zero attached hydrogens (tertiary/aromatic N) is 4. The minimum absolute atomic E-state index is 0.260. The van der Waals surface area contributed by atoms with Crippen LogP contribution in [0.3, 0.4) is 0 Å². The molecule has 0 aliphatic carbocycles. The van der Waals surface area contributed by atoms with Crippen molar-refractivity contribution in [2.45, 2.75) is 32.9 Å². The third-order valence-corrected chi connectivity index (χ3v) is 6.09. The lowest BCUT2D eigenvalue weighted by atomic mass is 10.0. The SMILES string of the molecule is Cc1nn2cccnc2c1C(=O)N[C@H](C)c1cc2cccc(C#C[C@@H](C)O)c2c(=O)n1-c1ccccc1. The second kappa shape index (κ2) is 9.72. The summed E-state index contributed by atoms with van der Waals surface area (Å²) in [6, 6.07) is 17.8. The smallest absolute Gasteiger partial charge is 0.264 e. The molecule has 0 saturated carbocycles. The number of carbonyl (C=O) groups is 1. The molecule has 3 heterocycles. The number of nitrogens with one attached hydrogen (secondary N) is 1. The van der Waals surface area contributed by atoms with Crippen LogP contribution in [0.15, 0.2) is 77.9 Å². The maximum Gasteiger partial charge on any atom is 0.264 e. The first-order valence-corrected chi connectivity index (χ1v) is 11.9. The van der Waals surface area contributed by atoms with E-state index < -0.39 is 12.1 Å². The Morgan fingerprint density at radius 1 is 1.08 bits per heavy atom. The highest BCUT2D eigenvalue weighted by molar-refractivity contribution is 6.01. The summed E-state index contributed by atoms with van der Waals surface area (Å²) in [7, 11) is 0. The summed E-state index contributed by atoms with van der Waals surface area (Å²) in [5.41, 5.74) is 2.96. The number of pyridine rings is 1. The fourth-order valence-electron chi connectivity index (χ4n) is 4.44. The molecule has 2 N–H and O–H groups in total. The van der Waals surface area contributed by atoms with Gasteiger partial charge in [0, 0.05) is 29.3 Å². The van der Waals surface area contributed by atoms with Crippen molar-refractivity contribution in [1.29, 1.82) is 0 Å². The van der Waals surface area contributed by atoms with Crippen molar-refractivity contribution in [1.82, 2.24) is 24.5 Å². The number of carbonyl (C=O) groups excluding carboxylic acids is 1. The molecule has 1 amide bonds. The lowest BCUT2D eigenvalue weighted by Gasteiger charge is -2.21. The van der Waals surface area contributed by atoms with Gasteiger partial charge < -0.3 is 10.4 Å². The van der Waals surface area contributed by atoms with Gasteiger partial charge in [0.25, 0.3) is 11.5 Å². The maximum absolute atomic E-state index is 14.0. The van der Waals surface area contributed by atoms with Gasteiger partial charge >= 0.3 is 0 Å². The van der Waals surface area contributed by atoms with Crippen LogP contribution in [0.5, 0.6) is 0 Å². The molecule has 0 fully saturated rings. The number of aryl methyl sites for hydroxylation is 1. The van der Waals surface area contributed by atoms with Crippen LogP contribution >= 0.6 is 0 Å². The summed E-state index contributed by atoms with van der Waals surface area (Å²) in [6.45, 7) is 5.17. The second-order valence-electron chi connectivity index (χ2n) is 8.80. The Kier molecular flexibility index (Phi) is 6.30. The van der Waals surface area contributed by atoms with E-state index in [0.717, 1.165) is 0 Å². The predicted octanol–water partition coefficient (Wildman–Crippen LogP) is 3.57. The van der Waals surface area contributed by atoms with Crippen molar-refractivity contribution >= 4 is 22.3 Å². The zero-order valence-electron chi connectivity index (χ0n) is 20.6. The monoisotopic (exact) mass is 491 g/mol. The lowest BCUT2D eigenvalue weighted by Crippen LogP contribution is -2.32. The van der Waals surface area contributed by atoms with E-state index in [-0.39, 0.29) is 11.5 Å². The number of aliphatic hydroxyl groups is 1. The molecular weight excluding hydrogens is 466 g/mol. The quantitative estimate of drug-likeness (QED) is 0.375. The van der Waals surface area contributed by atoms with Crippen molar-refractivity contribution in [2.75, 3.05) is 0 Å². The van der Waals surface area contributed by atoms with E-state index in [0.29, 0.717) is 44.6 Å². The number of hydrogen-bond acceptors (Lipinski definition) is 5. The van der Waals surface area contributed by atoms with Crippen molar-refractivity contribution in [2.24, 2.45) is 0 Å². The van der Waals surface area contributed by atoms with E-state index in [2.05, 4.69) is 27.2 Å². The van der Waals surface area contributed by atoms with Crippen molar-refractivity contribution in [3.63, 3.8) is 0 Å². The van der Waals surface area contributed by atoms with Gasteiger partial charge in [0.15, 0.2) is 5.65 Å². The first-order valence-electron chi connectivity index (χ1n) is 11.9. The van der Waals surface area contributed by atoms with Gasteiger partial charge in [0.05, 0.1) is 17.1 Å². The van der Waals surface area contributed by atoms with Crippen LogP contribution in [-0.4, -0.2) is 36.3 Å². The molecule has 0 bridgehead atoms. The standard InChI is InChI=1S/C29H25N5O3/c1-18(35)13-14-21-9-7-10-22-17-24(34(29(37)26(21)22)23-11-5-4-6-12-23)19(2)31-28(36)25-20(3)32-33-16-8-15-30-27(25)33/h4-12,15-19,35H,1-3H3,(H,31,36)/t18-,19-/m1/s1. The fraction of sp³-hybridized carbons (Fsp3) is 0.172. The molecule has 8 heteroatoms. The molecule has 2 atom stereocenters. The van der Waals surface area contributed by atoms with Gasteiger partial charge in [-0.2, -0.15) is 5.10 Å². The maximum atomic E-state index is 14.0. The summed E-state index contributed by atoms with van der Waals surface area (Å²) in [4.78, 5) is 31.7. The number of fused-ring (bicyclic) bond motifs is 2. The molecule has 2 aromatic carbocycles. The van der Waals surface area contributed by atoms with Crippen LogP contribution < -0.4 is 10.9 Å². The van der Waals surface area contributed by atoms with Gasteiger partial charge in [-0.15, -0.1) is 0 Å². The molecule has 184 valence electrons. The Bertz CT molecular complexity index is 1760. The number of amides is 1. The van der Waals surface area contributed by atoms with E-state index in [1.54, 1.807) is 47.5 Å².